The molecule has 1 rings (SSSR count). The highest BCUT2D eigenvalue weighted by atomic mass is 79.9. The topological polar surface area (TPSA) is 70.5 Å². The molecule has 6 heteroatoms. The minimum atomic E-state index is -1.04. The SMILES string of the molecule is CC(C)N(CC(=O)O)C(=O)c1cccnc1Br. The summed E-state index contributed by atoms with van der Waals surface area (Å²) in [6, 6.07) is 3.05. The molecule has 0 aromatic carbocycles. The number of carboxylic acids is 1. The van der Waals surface area contributed by atoms with Gasteiger partial charge in [0.05, 0.1) is 5.56 Å². The highest BCUT2D eigenvalue weighted by Crippen LogP contribution is 2.16. The summed E-state index contributed by atoms with van der Waals surface area (Å²) in [5.74, 6) is -1.38. The molecule has 0 saturated heterocycles. The molecule has 5 nitrogen and oxygen atoms in total. The first kappa shape index (κ1) is 13.6. The van der Waals surface area contributed by atoms with Crippen LogP contribution in [0.1, 0.15) is 24.2 Å². The molecule has 0 spiro atoms. The van der Waals surface area contributed by atoms with Crippen LogP contribution < -0.4 is 0 Å². The van der Waals surface area contributed by atoms with E-state index >= 15 is 0 Å². The van der Waals surface area contributed by atoms with Gasteiger partial charge in [-0.25, -0.2) is 4.98 Å². The molecule has 17 heavy (non-hydrogen) atoms. The smallest absolute Gasteiger partial charge is 0.323 e. The molecule has 0 radical (unpaired) electrons. The molecule has 1 aromatic rings. The lowest BCUT2D eigenvalue weighted by Crippen LogP contribution is -2.40. The van der Waals surface area contributed by atoms with E-state index in [-0.39, 0.29) is 18.5 Å². The number of carbonyl (C=O) groups is 2. The van der Waals surface area contributed by atoms with Crippen molar-refractivity contribution in [1.82, 2.24) is 9.88 Å². The summed E-state index contributed by atoms with van der Waals surface area (Å²) in [7, 11) is 0. The van der Waals surface area contributed by atoms with Crippen molar-refractivity contribution in [2.24, 2.45) is 0 Å². The Morgan fingerprint density at radius 2 is 2.18 bits per heavy atom. The molecule has 0 fully saturated rings. The molecular weight excluding hydrogens is 288 g/mol. The van der Waals surface area contributed by atoms with Gasteiger partial charge in [-0.05, 0) is 41.9 Å². The van der Waals surface area contributed by atoms with Crippen molar-refractivity contribution >= 4 is 27.8 Å². The summed E-state index contributed by atoms with van der Waals surface area (Å²) in [6.45, 7) is 3.22. The van der Waals surface area contributed by atoms with Crippen LogP contribution in [0.2, 0.25) is 0 Å². The first-order valence-corrected chi connectivity index (χ1v) is 5.86. The van der Waals surface area contributed by atoms with Crippen molar-refractivity contribution in [2.45, 2.75) is 19.9 Å². The zero-order valence-corrected chi connectivity index (χ0v) is 11.1. The van der Waals surface area contributed by atoms with Gasteiger partial charge >= 0.3 is 5.97 Å². The van der Waals surface area contributed by atoms with E-state index in [1.54, 1.807) is 32.2 Å². The molecule has 0 atom stereocenters. The van der Waals surface area contributed by atoms with Crippen molar-refractivity contribution in [3.05, 3.63) is 28.5 Å². The van der Waals surface area contributed by atoms with Gasteiger partial charge in [0.1, 0.15) is 11.1 Å². The Morgan fingerprint density at radius 1 is 1.53 bits per heavy atom. The summed E-state index contributed by atoms with van der Waals surface area (Å²) < 4.78 is 0.418. The van der Waals surface area contributed by atoms with Crippen LogP contribution in [-0.4, -0.2) is 39.5 Å². The predicted molar refractivity (Wildman–Crippen MR) is 65.7 cm³/mol. The van der Waals surface area contributed by atoms with E-state index in [4.69, 9.17) is 5.11 Å². The van der Waals surface area contributed by atoms with Gasteiger partial charge in [0.2, 0.25) is 0 Å². The van der Waals surface area contributed by atoms with Crippen LogP contribution in [0.4, 0.5) is 0 Å². The summed E-state index contributed by atoms with van der Waals surface area (Å²) in [4.78, 5) is 28.1. The predicted octanol–water partition coefficient (Wildman–Crippen LogP) is 1.78. The van der Waals surface area contributed by atoms with Crippen molar-refractivity contribution in [3.63, 3.8) is 0 Å². The van der Waals surface area contributed by atoms with Gasteiger partial charge in [-0.3, -0.25) is 9.59 Å². The number of nitrogens with zero attached hydrogens (tertiary/aromatic N) is 2. The molecule has 0 aliphatic heterocycles. The fourth-order valence-corrected chi connectivity index (χ4v) is 1.75. The standard InChI is InChI=1S/C11H13BrN2O3/c1-7(2)14(6-9(15)16)11(17)8-4-3-5-13-10(8)12/h3-5,7H,6H2,1-2H3,(H,15,16). The third kappa shape index (κ3) is 3.52. The summed E-state index contributed by atoms with van der Waals surface area (Å²) >= 11 is 3.17. The number of rotatable bonds is 4. The minimum Gasteiger partial charge on any atom is -0.480 e. The number of aliphatic carboxylic acids is 1. The van der Waals surface area contributed by atoms with Gasteiger partial charge in [0.15, 0.2) is 0 Å². The molecule has 92 valence electrons. The Morgan fingerprint density at radius 3 is 2.65 bits per heavy atom. The maximum atomic E-state index is 12.1. The van der Waals surface area contributed by atoms with Crippen LogP contribution in [0.3, 0.4) is 0 Å². The van der Waals surface area contributed by atoms with E-state index in [0.717, 1.165) is 0 Å². The molecule has 0 aliphatic carbocycles. The number of halogens is 1. The number of carbonyl (C=O) groups excluding carboxylic acids is 1. The second kappa shape index (κ2) is 5.77. The van der Waals surface area contributed by atoms with Crippen molar-refractivity contribution < 1.29 is 14.7 Å². The lowest BCUT2D eigenvalue weighted by molar-refractivity contribution is -0.138. The zero-order chi connectivity index (χ0) is 13.0. The van der Waals surface area contributed by atoms with Gasteiger partial charge in [-0.1, -0.05) is 0 Å². The maximum Gasteiger partial charge on any atom is 0.323 e. The van der Waals surface area contributed by atoms with Gasteiger partial charge in [0.25, 0.3) is 5.91 Å². The molecule has 0 aliphatic rings. The number of hydrogen-bond donors (Lipinski definition) is 1. The van der Waals surface area contributed by atoms with E-state index in [9.17, 15) is 9.59 Å². The van der Waals surface area contributed by atoms with E-state index in [1.165, 1.54) is 4.90 Å². The van der Waals surface area contributed by atoms with E-state index in [0.29, 0.717) is 10.2 Å². The molecule has 0 bridgehead atoms. The molecule has 0 saturated carbocycles. The summed E-state index contributed by atoms with van der Waals surface area (Å²) in [6.07, 6.45) is 1.55. The number of carboxylic acid groups (broad SMARTS) is 1. The van der Waals surface area contributed by atoms with Crippen LogP contribution in [0.25, 0.3) is 0 Å². The Balaban J connectivity index is 3.00. The molecule has 1 amide bonds. The van der Waals surface area contributed by atoms with Crippen LogP contribution in [0.15, 0.2) is 22.9 Å². The van der Waals surface area contributed by atoms with E-state index < -0.39 is 5.97 Å². The summed E-state index contributed by atoms with van der Waals surface area (Å²) in [5, 5.41) is 8.78. The largest absolute Gasteiger partial charge is 0.480 e. The zero-order valence-electron chi connectivity index (χ0n) is 9.55. The first-order chi connectivity index (χ1) is 7.93. The fourth-order valence-electron chi connectivity index (χ4n) is 1.33. The average Bonchev–Trinajstić information content (AvgIpc) is 2.25. The molecule has 0 unspecified atom stereocenters. The highest BCUT2D eigenvalue weighted by Gasteiger charge is 2.23. The third-order valence-electron chi connectivity index (χ3n) is 2.18. The maximum absolute atomic E-state index is 12.1. The fraction of sp³-hybridized carbons (Fsp3) is 0.364. The second-order valence-corrected chi connectivity index (χ2v) is 4.51. The molecule has 1 heterocycles. The number of pyridine rings is 1. The van der Waals surface area contributed by atoms with Crippen LogP contribution in [0, 0.1) is 0 Å². The monoisotopic (exact) mass is 300 g/mol. The number of hydrogen-bond acceptors (Lipinski definition) is 3. The van der Waals surface area contributed by atoms with Crippen LogP contribution in [-0.2, 0) is 4.79 Å². The first-order valence-electron chi connectivity index (χ1n) is 5.06. The molecule has 1 N–H and O–H groups in total. The normalized spacial score (nSPS) is 10.4. The molecular formula is C11H13BrN2O3. The summed E-state index contributed by atoms with van der Waals surface area (Å²) in [5.41, 5.74) is 0.363. The lowest BCUT2D eigenvalue weighted by atomic mass is 10.2. The van der Waals surface area contributed by atoms with Crippen molar-refractivity contribution in [3.8, 4) is 0 Å². The van der Waals surface area contributed by atoms with Gasteiger partial charge in [0, 0.05) is 12.2 Å². The Hall–Kier alpha value is -1.43. The second-order valence-electron chi connectivity index (χ2n) is 3.76. The van der Waals surface area contributed by atoms with Gasteiger partial charge in [-0.2, -0.15) is 0 Å². The Labute approximate surface area is 108 Å². The lowest BCUT2D eigenvalue weighted by Gasteiger charge is -2.25. The number of aromatic nitrogens is 1. The van der Waals surface area contributed by atoms with Crippen LogP contribution in [0.5, 0.6) is 0 Å². The minimum absolute atomic E-state index is 0.189. The van der Waals surface area contributed by atoms with Crippen molar-refractivity contribution in [2.75, 3.05) is 6.54 Å². The quantitative estimate of drug-likeness (QED) is 0.861. The highest BCUT2D eigenvalue weighted by molar-refractivity contribution is 9.10. The van der Waals surface area contributed by atoms with Gasteiger partial charge in [-0.15, -0.1) is 0 Å². The van der Waals surface area contributed by atoms with Crippen LogP contribution >= 0.6 is 15.9 Å². The number of amides is 1. The molecule has 1 aromatic heterocycles. The van der Waals surface area contributed by atoms with Gasteiger partial charge < -0.3 is 10.0 Å². The Bertz CT molecular complexity index is 434. The Kier molecular flexibility index (Phi) is 4.62. The average molecular weight is 301 g/mol. The van der Waals surface area contributed by atoms with E-state index in [1.807, 2.05) is 0 Å². The third-order valence-corrected chi connectivity index (χ3v) is 2.81. The van der Waals surface area contributed by atoms with Crippen molar-refractivity contribution in [1.29, 1.82) is 0 Å². The van der Waals surface area contributed by atoms with E-state index in [2.05, 4.69) is 20.9 Å².